The number of carboxylic acid groups (broad SMARTS) is 1. The van der Waals surface area contributed by atoms with Gasteiger partial charge in [-0.2, -0.15) is 28.1 Å². The Hall–Kier alpha value is -6.10. The molecule has 4 aromatic rings. The largest absolute Gasteiger partial charge is 0.477 e. The van der Waals surface area contributed by atoms with E-state index in [0.717, 1.165) is 18.4 Å². The van der Waals surface area contributed by atoms with E-state index < -0.39 is 60.3 Å². The van der Waals surface area contributed by atoms with Crippen molar-refractivity contribution >= 4 is 64.3 Å². The van der Waals surface area contributed by atoms with Gasteiger partial charge in [-0.15, -0.1) is 0 Å². The standard InChI is InChI=1S/C38H36ClF3N8O6/c39-26-12-10-25(11-13-26)37(18-19-37)50-35-47-34(48-36(49-35)56-21-38(40,41)42)45-28-16-8-24(9-17-28)30(51)46-29(33(54)55)20-43-31(52)32(53)44-27-14-6-23(7-15-27)22-4-2-1-3-5-22/h6-17,22H,1-5,18-21H2,(H,43,52)(H,44,53)(H,54,55)(H2,45,47,48,49,50)/b46-29-. The zero-order valence-electron chi connectivity index (χ0n) is 29.7. The smallest absolute Gasteiger partial charge is 0.422 e. The number of hydrogen-bond acceptors (Lipinski definition) is 10. The summed E-state index contributed by atoms with van der Waals surface area (Å²) in [6.07, 6.45) is 2.53. The van der Waals surface area contributed by atoms with E-state index in [2.05, 4.69) is 41.2 Å². The van der Waals surface area contributed by atoms with Crippen molar-refractivity contribution in [2.75, 3.05) is 29.1 Å². The van der Waals surface area contributed by atoms with E-state index in [4.69, 9.17) is 16.3 Å². The Bertz CT molecular complexity index is 2110. The fraction of sp³-hybridized carbons (Fsp3) is 0.316. The number of carbonyl (C=O) groups is 4. The van der Waals surface area contributed by atoms with Crippen LogP contribution in [0.4, 0.5) is 36.4 Å². The molecule has 0 aliphatic heterocycles. The topological polar surface area (TPSA) is 197 Å². The van der Waals surface area contributed by atoms with Crippen molar-refractivity contribution in [2.24, 2.45) is 4.99 Å². The third-order valence-corrected chi connectivity index (χ3v) is 9.47. The maximum atomic E-state index is 12.9. The molecule has 5 N–H and O–H groups in total. The lowest BCUT2D eigenvalue weighted by molar-refractivity contribution is -0.154. The molecular formula is C38H36ClF3N8O6. The van der Waals surface area contributed by atoms with Crippen molar-refractivity contribution in [3.05, 3.63) is 94.5 Å². The van der Waals surface area contributed by atoms with Gasteiger partial charge in [-0.25, -0.2) is 9.79 Å². The Morgan fingerprint density at radius 1 is 0.839 bits per heavy atom. The highest BCUT2D eigenvalue weighted by Gasteiger charge is 2.45. The van der Waals surface area contributed by atoms with E-state index in [9.17, 15) is 37.5 Å². The lowest BCUT2D eigenvalue weighted by Crippen LogP contribution is -2.40. The lowest BCUT2D eigenvalue weighted by Gasteiger charge is -2.22. The highest BCUT2D eigenvalue weighted by Crippen LogP contribution is 2.48. The number of amides is 3. The van der Waals surface area contributed by atoms with Gasteiger partial charge in [0.25, 0.3) is 5.91 Å². The summed E-state index contributed by atoms with van der Waals surface area (Å²) in [5.74, 6) is -4.47. The van der Waals surface area contributed by atoms with Gasteiger partial charge in [0.05, 0.1) is 12.1 Å². The second-order valence-electron chi connectivity index (χ2n) is 13.3. The van der Waals surface area contributed by atoms with E-state index in [1.807, 2.05) is 24.3 Å². The molecule has 18 heteroatoms. The molecule has 0 bridgehead atoms. The number of anilines is 4. The van der Waals surface area contributed by atoms with Gasteiger partial charge in [0, 0.05) is 22.0 Å². The van der Waals surface area contributed by atoms with Crippen molar-refractivity contribution in [3.63, 3.8) is 0 Å². The lowest BCUT2D eigenvalue weighted by atomic mass is 9.84. The minimum absolute atomic E-state index is 0.0408. The van der Waals surface area contributed by atoms with Crippen molar-refractivity contribution in [1.29, 1.82) is 0 Å². The Morgan fingerprint density at radius 2 is 1.48 bits per heavy atom. The minimum Gasteiger partial charge on any atom is -0.477 e. The Kier molecular flexibility index (Phi) is 12.1. The van der Waals surface area contributed by atoms with Gasteiger partial charge in [0.1, 0.15) is 5.71 Å². The van der Waals surface area contributed by atoms with Crippen LogP contribution in [0, 0.1) is 0 Å². The van der Waals surface area contributed by atoms with Crippen LogP contribution in [0.15, 0.2) is 77.8 Å². The molecule has 2 aliphatic carbocycles. The average molecular weight is 793 g/mol. The first-order valence-electron chi connectivity index (χ1n) is 17.7. The van der Waals surface area contributed by atoms with Gasteiger partial charge < -0.3 is 31.1 Å². The summed E-state index contributed by atoms with van der Waals surface area (Å²) in [6.45, 7) is -2.36. The van der Waals surface area contributed by atoms with Crippen LogP contribution < -0.4 is 26.0 Å². The maximum Gasteiger partial charge on any atom is 0.422 e. The van der Waals surface area contributed by atoms with Gasteiger partial charge in [0.2, 0.25) is 11.9 Å². The van der Waals surface area contributed by atoms with Crippen molar-refractivity contribution in [1.82, 2.24) is 20.3 Å². The summed E-state index contributed by atoms with van der Waals surface area (Å²) < 4.78 is 43.7. The van der Waals surface area contributed by atoms with Crippen molar-refractivity contribution < 1.29 is 42.2 Å². The van der Waals surface area contributed by atoms with Gasteiger partial charge in [-0.3, -0.25) is 14.4 Å². The van der Waals surface area contributed by atoms with Crippen LogP contribution in [-0.2, 0) is 19.9 Å². The summed E-state index contributed by atoms with van der Waals surface area (Å²) in [5, 5.41) is 20.8. The maximum absolute atomic E-state index is 12.9. The number of carboxylic acids is 1. The summed E-state index contributed by atoms with van der Waals surface area (Å²) in [6, 6.07) is 19.1. The Morgan fingerprint density at radius 3 is 2.11 bits per heavy atom. The first-order chi connectivity index (χ1) is 26.7. The summed E-state index contributed by atoms with van der Waals surface area (Å²) in [5.41, 5.74) is 1.40. The second-order valence-corrected chi connectivity index (χ2v) is 13.8. The first-order valence-corrected chi connectivity index (χ1v) is 18.0. The zero-order valence-corrected chi connectivity index (χ0v) is 30.4. The number of aromatic nitrogens is 3. The molecule has 0 spiro atoms. The van der Waals surface area contributed by atoms with Gasteiger partial charge in [0.15, 0.2) is 6.61 Å². The monoisotopic (exact) mass is 792 g/mol. The van der Waals surface area contributed by atoms with Crippen molar-refractivity contribution in [3.8, 4) is 6.01 Å². The molecule has 292 valence electrons. The molecule has 0 atom stereocenters. The zero-order chi connectivity index (χ0) is 39.9. The normalized spacial score (nSPS) is 15.3. The molecule has 0 saturated heterocycles. The Balaban J connectivity index is 1.07. The molecule has 3 amide bonds. The highest BCUT2D eigenvalue weighted by molar-refractivity contribution is 6.42. The molecule has 3 aromatic carbocycles. The number of rotatable bonds is 13. The molecular weight excluding hydrogens is 757 g/mol. The van der Waals surface area contributed by atoms with Crippen LogP contribution in [0.5, 0.6) is 6.01 Å². The number of alkyl halides is 3. The molecule has 1 aromatic heterocycles. The predicted octanol–water partition coefficient (Wildman–Crippen LogP) is 6.78. The van der Waals surface area contributed by atoms with E-state index in [1.54, 1.807) is 24.3 Å². The average Bonchev–Trinajstić information content (AvgIpc) is 3.96. The van der Waals surface area contributed by atoms with Crippen LogP contribution >= 0.6 is 11.6 Å². The third kappa shape index (κ3) is 10.8. The van der Waals surface area contributed by atoms with E-state index in [1.165, 1.54) is 49.1 Å². The number of halogens is 4. The fourth-order valence-corrected chi connectivity index (χ4v) is 6.28. The van der Waals surface area contributed by atoms with Crippen LogP contribution in [0.3, 0.4) is 0 Å². The molecule has 1 heterocycles. The SMILES string of the molecule is O=C(NC/C(=N/C(=O)c1ccc(Nc2nc(NC3(c4ccc(Cl)cc4)CC3)nc(OCC(F)(F)F)n2)cc1)C(=O)O)C(=O)Nc1ccc(C2CCCCC2)cc1. The molecule has 2 fully saturated rings. The quantitative estimate of drug-likeness (QED) is 0.0707. The van der Waals surface area contributed by atoms with E-state index >= 15 is 0 Å². The number of nitrogens with one attached hydrogen (secondary N) is 4. The van der Waals surface area contributed by atoms with Crippen LogP contribution in [0.2, 0.25) is 5.02 Å². The van der Waals surface area contributed by atoms with E-state index in [0.29, 0.717) is 35.2 Å². The summed E-state index contributed by atoms with van der Waals surface area (Å²) in [7, 11) is 0. The van der Waals surface area contributed by atoms with Crippen LogP contribution in [0.25, 0.3) is 0 Å². The number of carbonyl (C=O) groups excluding carboxylic acids is 3. The highest BCUT2D eigenvalue weighted by atomic mass is 35.5. The summed E-state index contributed by atoms with van der Waals surface area (Å²) >= 11 is 6.02. The first kappa shape index (κ1) is 39.6. The number of aliphatic imine (C=N–C) groups is 1. The molecule has 6 rings (SSSR count). The minimum atomic E-state index is -4.65. The molecule has 2 saturated carbocycles. The number of ether oxygens (including phenoxy) is 1. The van der Waals surface area contributed by atoms with Crippen molar-refractivity contribution in [2.45, 2.75) is 62.6 Å². The number of benzene rings is 3. The van der Waals surface area contributed by atoms with Gasteiger partial charge in [-0.1, -0.05) is 55.1 Å². The van der Waals surface area contributed by atoms with Crippen LogP contribution in [-0.4, -0.2) is 68.8 Å². The molecule has 56 heavy (non-hydrogen) atoms. The fourth-order valence-electron chi connectivity index (χ4n) is 6.16. The Labute approximate surface area is 323 Å². The molecule has 2 aliphatic rings. The second kappa shape index (κ2) is 17.1. The molecule has 0 radical (unpaired) electrons. The van der Waals surface area contributed by atoms with Gasteiger partial charge in [-0.05, 0) is 91.3 Å². The number of nitrogens with zero attached hydrogens (tertiary/aromatic N) is 4. The third-order valence-electron chi connectivity index (χ3n) is 9.22. The van der Waals surface area contributed by atoms with E-state index in [-0.39, 0.29) is 17.5 Å². The molecule has 0 unspecified atom stereocenters. The van der Waals surface area contributed by atoms with Crippen LogP contribution in [0.1, 0.15) is 72.3 Å². The predicted molar refractivity (Wildman–Crippen MR) is 200 cm³/mol. The van der Waals surface area contributed by atoms with Gasteiger partial charge >= 0.3 is 30.0 Å². The number of hydrogen-bond donors (Lipinski definition) is 5. The summed E-state index contributed by atoms with van der Waals surface area (Å²) in [4.78, 5) is 65.6. The molecule has 14 nitrogen and oxygen atoms in total. The number of aliphatic carboxylic acids is 1.